The number of phenols is 2. The molecule has 168 valence electrons. The first kappa shape index (κ1) is 24.0. The van der Waals surface area contributed by atoms with Crippen molar-refractivity contribution >= 4 is 11.9 Å². The van der Waals surface area contributed by atoms with E-state index in [-0.39, 0.29) is 11.5 Å². The van der Waals surface area contributed by atoms with Gasteiger partial charge in [0.25, 0.3) is 0 Å². The van der Waals surface area contributed by atoms with Gasteiger partial charge in [0.05, 0.1) is 10.8 Å². The average Bonchev–Trinajstić information content (AvgIpc) is 3.47. The zero-order chi connectivity index (χ0) is 22.4. The topological polar surface area (TPSA) is 115 Å². The number of benzene rings is 1. The van der Waals surface area contributed by atoms with Crippen molar-refractivity contribution in [2.24, 2.45) is 10.8 Å². The Balaban J connectivity index is 1.80. The Morgan fingerprint density at radius 1 is 0.933 bits per heavy atom. The fourth-order valence-electron chi connectivity index (χ4n) is 4.01. The van der Waals surface area contributed by atoms with Gasteiger partial charge in [-0.3, -0.25) is 9.59 Å². The maximum atomic E-state index is 11.2. The molecule has 6 nitrogen and oxygen atoms in total. The molecule has 0 aromatic heterocycles. The molecule has 0 bridgehead atoms. The fourth-order valence-corrected chi connectivity index (χ4v) is 4.01. The Hall–Kier alpha value is -2.24. The van der Waals surface area contributed by atoms with E-state index in [4.69, 9.17) is 0 Å². The average molecular weight is 421 g/mol. The largest absolute Gasteiger partial charge is 0.504 e. The molecule has 0 aliphatic heterocycles. The van der Waals surface area contributed by atoms with Gasteiger partial charge in [0, 0.05) is 5.56 Å². The SMILES string of the molecule is CC(C)(CCCCCc1ccc(O)c(O)c1CCCCCC1(C(=O)O)CC1)C(=O)O. The minimum Gasteiger partial charge on any atom is -0.504 e. The molecule has 0 unspecified atom stereocenters. The number of rotatable bonds is 14. The third kappa shape index (κ3) is 6.38. The molecule has 6 heteroatoms. The number of carbonyl (C=O) groups is 2. The number of aryl methyl sites for hydroxylation is 1. The summed E-state index contributed by atoms with van der Waals surface area (Å²) >= 11 is 0. The van der Waals surface area contributed by atoms with E-state index in [0.717, 1.165) is 68.9 Å². The number of carboxylic acids is 2. The van der Waals surface area contributed by atoms with Crippen LogP contribution >= 0.6 is 0 Å². The van der Waals surface area contributed by atoms with Crippen LogP contribution in [0.2, 0.25) is 0 Å². The molecule has 1 aromatic carbocycles. The highest BCUT2D eigenvalue weighted by Crippen LogP contribution is 2.50. The van der Waals surface area contributed by atoms with Crippen LogP contribution in [0.1, 0.15) is 89.2 Å². The van der Waals surface area contributed by atoms with Crippen molar-refractivity contribution in [2.75, 3.05) is 0 Å². The number of carboxylic acid groups (broad SMARTS) is 2. The van der Waals surface area contributed by atoms with Crippen molar-refractivity contribution in [1.29, 1.82) is 0 Å². The van der Waals surface area contributed by atoms with E-state index >= 15 is 0 Å². The smallest absolute Gasteiger partial charge is 0.309 e. The molecule has 1 aromatic rings. The summed E-state index contributed by atoms with van der Waals surface area (Å²) in [4.78, 5) is 22.4. The lowest BCUT2D eigenvalue weighted by Crippen LogP contribution is -2.23. The van der Waals surface area contributed by atoms with Crippen molar-refractivity contribution in [3.8, 4) is 11.5 Å². The van der Waals surface area contributed by atoms with Gasteiger partial charge >= 0.3 is 11.9 Å². The fraction of sp³-hybridized carbons (Fsp3) is 0.667. The molecule has 1 aliphatic carbocycles. The number of aliphatic carboxylic acids is 2. The predicted molar refractivity (Wildman–Crippen MR) is 115 cm³/mol. The summed E-state index contributed by atoms with van der Waals surface area (Å²) in [7, 11) is 0. The molecule has 0 atom stereocenters. The summed E-state index contributed by atoms with van der Waals surface area (Å²) in [5, 5.41) is 38.6. The van der Waals surface area contributed by atoms with Crippen molar-refractivity contribution in [2.45, 2.75) is 90.9 Å². The third-order valence-corrected chi connectivity index (χ3v) is 6.57. The number of aromatic hydroxyl groups is 2. The van der Waals surface area contributed by atoms with Crippen molar-refractivity contribution < 1.29 is 30.0 Å². The quantitative estimate of drug-likeness (QED) is 0.240. The highest BCUT2D eigenvalue weighted by atomic mass is 16.4. The summed E-state index contributed by atoms with van der Waals surface area (Å²) in [6.45, 7) is 3.49. The lowest BCUT2D eigenvalue weighted by Gasteiger charge is -2.18. The van der Waals surface area contributed by atoms with Crippen LogP contribution in [-0.2, 0) is 22.4 Å². The zero-order valence-corrected chi connectivity index (χ0v) is 18.2. The molecule has 4 N–H and O–H groups in total. The highest BCUT2D eigenvalue weighted by molar-refractivity contribution is 5.77. The Morgan fingerprint density at radius 2 is 1.57 bits per heavy atom. The Bertz CT molecular complexity index is 748. The van der Waals surface area contributed by atoms with Crippen LogP contribution in [-0.4, -0.2) is 32.4 Å². The first-order chi connectivity index (χ1) is 14.1. The van der Waals surface area contributed by atoms with Crippen molar-refractivity contribution in [1.82, 2.24) is 0 Å². The lowest BCUT2D eigenvalue weighted by atomic mass is 9.86. The van der Waals surface area contributed by atoms with Gasteiger partial charge in [-0.05, 0) is 76.8 Å². The summed E-state index contributed by atoms with van der Waals surface area (Å²) in [6.07, 6.45) is 9.59. The Labute approximate surface area is 178 Å². The third-order valence-electron chi connectivity index (χ3n) is 6.57. The number of hydrogen-bond acceptors (Lipinski definition) is 4. The molecule has 1 fully saturated rings. The van der Waals surface area contributed by atoms with Crippen molar-refractivity contribution in [3.63, 3.8) is 0 Å². The van der Waals surface area contributed by atoms with E-state index in [0.29, 0.717) is 19.3 Å². The monoisotopic (exact) mass is 420 g/mol. The number of phenolic OH excluding ortho intramolecular Hbond substituents is 2. The first-order valence-electron chi connectivity index (χ1n) is 11.1. The second kappa shape index (κ2) is 10.2. The number of hydrogen-bond donors (Lipinski definition) is 4. The molecule has 1 aliphatic rings. The van der Waals surface area contributed by atoms with Gasteiger partial charge in [0.15, 0.2) is 11.5 Å². The second-order valence-electron chi connectivity index (χ2n) is 9.47. The van der Waals surface area contributed by atoms with Crippen LogP contribution in [0, 0.1) is 10.8 Å². The van der Waals surface area contributed by atoms with E-state index in [9.17, 15) is 30.0 Å². The van der Waals surface area contributed by atoms with E-state index < -0.39 is 22.8 Å². The van der Waals surface area contributed by atoms with E-state index in [1.807, 2.05) is 6.07 Å². The van der Waals surface area contributed by atoms with Crippen LogP contribution in [0.15, 0.2) is 12.1 Å². The summed E-state index contributed by atoms with van der Waals surface area (Å²) < 4.78 is 0. The van der Waals surface area contributed by atoms with Crippen LogP contribution in [0.3, 0.4) is 0 Å². The lowest BCUT2D eigenvalue weighted by molar-refractivity contribution is -0.147. The van der Waals surface area contributed by atoms with Crippen LogP contribution in [0.5, 0.6) is 11.5 Å². The Kier molecular flexibility index (Phi) is 8.16. The van der Waals surface area contributed by atoms with E-state index in [1.165, 1.54) is 6.07 Å². The van der Waals surface area contributed by atoms with Gasteiger partial charge in [0.1, 0.15) is 0 Å². The van der Waals surface area contributed by atoms with Gasteiger partial charge in [-0.1, -0.05) is 31.7 Å². The van der Waals surface area contributed by atoms with E-state index in [2.05, 4.69) is 0 Å². The molecular weight excluding hydrogens is 384 g/mol. The first-order valence-corrected chi connectivity index (χ1v) is 11.1. The molecule has 0 radical (unpaired) electrons. The van der Waals surface area contributed by atoms with Crippen LogP contribution in [0.25, 0.3) is 0 Å². The van der Waals surface area contributed by atoms with Gasteiger partial charge < -0.3 is 20.4 Å². The van der Waals surface area contributed by atoms with E-state index in [1.54, 1.807) is 13.8 Å². The maximum absolute atomic E-state index is 11.2. The second-order valence-corrected chi connectivity index (χ2v) is 9.47. The summed E-state index contributed by atoms with van der Waals surface area (Å²) in [6, 6.07) is 3.38. The Morgan fingerprint density at radius 3 is 2.17 bits per heavy atom. The van der Waals surface area contributed by atoms with Crippen molar-refractivity contribution in [3.05, 3.63) is 23.3 Å². The zero-order valence-electron chi connectivity index (χ0n) is 18.2. The minimum atomic E-state index is -0.774. The molecule has 0 amide bonds. The normalized spacial score (nSPS) is 15.1. The predicted octanol–water partition coefficient (Wildman–Crippen LogP) is 5.28. The molecule has 2 rings (SSSR count). The van der Waals surface area contributed by atoms with Crippen LogP contribution in [0.4, 0.5) is 0 Å². The van der Waals surface area contributed by atoms with Crippen LogP contribution < -0.4 is 0 Å². The summed E-state index contributed by atoms with van der Waals surface area (Å²) in [5.74, 6) is -1.62. The number of unbranched alkanes of at least 4 members (excludes halogenated alkanes) is 4. The molecule has 1 saturated carbocycles. The van der Waals surface area contributed by atoms with Gasteiger partial charge in [0.2, 0.25) is 0 Å². The minimum absolute atomic E-state index is 0.0521. The highest BCUT2D eigenvalue weighted by Gasteiger charge is 2.49. The van der Waals surface area contributed by atoms with Gasteiger partial charge in [-0.2, -0.15) is 0 Å². The standard InChI is InChI=1S/C24H36O6/c1-23(2,21(27)28)13-7-3-5-9-17-11-12-19(25)20(26)18(17)10-6-4-8-14-24(15-16-24)22(29)30/h11-12,25-26H,3-10,13-16H2,1-2H3,(H,27,28)(H,29,30). The van der Waals surface area contributed by atoms with Gasteiger partial charge in [-0.15, -0.1) is 0 Å². The summed E-state index contributed by atoms with van der Waals surface area (Å²) in [5.41, 5.74) is 0.613. The molecule has 0 spiro atoms. The molecule has 0 saturated heterocycles. The molecular formula is C24H36O6. The molecule has 30 heavy (non-hydrogen) atoms. The maximum Gasteiger partial charge on any atom is 0.309 e. The molecule has 0 heterocycles. The van der Waals surface area contributed by atoms with Gasteiger partial charge in [-0.25, -0.2) is 0 Å².